The van der Waals surface area contributed by atoms with Crippen LogP contribution in [0.5, 0.6) is 0 Å². The Hall–Kier alpha value is -9.13. The topological polar surface area (TPSA) is 873 Å². The van der Waals surface area contributed by atoms with E-state index < -0.39 is 275 Å². The van der Waals surface area contributed by atoms with Crippen LogP contribution in [0.3, 0.4) is 0 Å². The van der Waals surface area contributed by atoms with Crippen LogP contribution < -0.4 is 68.1 Å². The van der Waals surface area contributed by atoms with Crippen molar-refractivity contribution < 1.29 is 145 Å². The van der Waals surface area contributed by atoms with E-state index in [2.05, 4.69) is 59.8 Å². The number of ether oxygens (including phenoxy) is 6. The molecule has 0 spiro atoms. The maximum Gasteiger partial charge on any atom is 0.472 e. The fourth-order valence-corrected chi connectivity index (χ4v) is 19.6. The van der Waals surface area contributed by atoms with E-state index in [1.54, 1.807) is 0 Å². The van der Waals surface area contributed by atoms with Crippen molar-refractivity contribution in [1.82, 2.24) is 87.2 Å². The lowest BCUT2D eigenvalue weighted by Gasteiger charge is -2.26. The van der Waals surface area contributed by atoms with E-state index in [-0.39, 0.29) is 63.3 Å². The molecule has 0 aliphatic carbocycles. The highest BCUT2D eigenvalue weighted by molar-refractivity contribution is 7.48. The van der Waals surface area contributed by atoms with Gasteiger partial charge in [0.15, 0.2) is 33.5 Å². The summed E-state index contributed by atoms with van der Waals surface area (Å²) in [6.07, 6.45) is -25.0. The summed E-state index contributed by atoms with van der Waals surface area (Å²) in [5, 5.41) is 10.3. The number of nitrogens with two attached hydrogens (primary N) is 6. The van der Waals surface area contributed by atoms with Gasteiger partial charge in [0.25, 0.3) is 16.7 Å². The van der Waals surface area contributed by atoms with Gasteiger partial charge in [0.05, 0.1) is 58.6 Å². The molecular weight excluding hydrogens is 1800 g/mol. The first kappa shape index (κ1) is 89.7. The zero-order valence-electron chi connectivity index (χ0n) is 62.8. The third-order valence-electron chi connectivity index (χ3n) is 19.7. The smallest absolute Gasteiger partial charge is 0.394 e. The van der Waals surface area contributed by atoms with E-state index in [0.717, 1.165) is 60.1 Å². The second-order valence-electron chi connectivity index (χ2n) is 28.0. The number of phosphoric ester groups is 6. The molecule has 9 aromatic heterocycles. The minimum absolute atomic E-state index is 0.0474. The van der Waals surface area contributed by atoms with Crippen molar-refractivity contribution in [2.24, 2.45) is 0 Å². The van der Waals surface area contributed by atoms with Gasteiger partial charge in [0.2, 0.25) is 17.8 Å². The number of aromatic nitrogens is 18. The molecule has 124 heavy (non-hydrogen) atoms. The van der Waals surface area contributed by atoms with Crippen LogP contribution in [0, 0.1) is 0 Å². The van der Waals surface area contributed by atoms with Gasteiger partial charge in [0, 0.05) is 57.1 Å². The average molecular weight is 1870 g/mol. The molecule has 15 heterocycles. The molecule has 6 aliphatic heterocycles. The number of aliphatic hydroxyl groups is 1. The Bertz CT molecular complexity index is 6230. The molecule has 0 saturated carbocycles. The normalized spacial score (nSPS) is 29.2. The van der Waals surface area contributed by atoms with Gasteiger partial charge in [-0.3, -0.25) is 106 Å². The predicted molar refractivity (Wildman–Crippen MR) is 405 cm³/mol. The molecular formula is C57H74N24O37P6. The van der Waals surface area contributed by atoms with Gasteiger partial charge in [-0.2, -0.15) is 29.9 Å². The second kappa shape index (κ2) is 35.2. The molecule has 0 aromatic carbocycles. The Morgan fingerprint density at radius 2 is 0.573 bits per heavy atom. The predicted octanol–water partition coefficient (Wildman–Crippen LogP) is -3.64. The molecule has 15 rings (SSSR count). The number of fused-ring (bicyclic) bond motifs is 3. The van der Waals surface area contributed by atoms with E-state index in [1.165, 1.54) is 23.0 Å². The second-order valence-corrected chi connectivity index (χ2v) is 36.2. The molecule has 5 unspecified atom stereocenters. The first-order valence-electron chi connectivity index (χ1n) is 36.2. The summed E-state index contributed by atoms with van der Waals surface area (Å²) in [6, 6.07) is 3.55. The number of H-pyrrole nitrogens is 3. The van der Waals surface area contributed by atoms with Gasteiger partial charge in [-0.05, 0) is 18.2 Å². The van der Waals surface area contributed by atoms with Crippen LogP contribution in [0.2, 0.25) is 0 Å². The highest BCUT2D eigenvalue weighted by Crippen LogP contribution is 2.57. The fourth-order valence-electron chi connectivity index (χ4n) is 14.2. The van der Waals surface area contributed by atoms with E-state index in [0.29, 0.717) is 0 Å². The lowest BCUT2D eigenvalue weighted by molar-refractivity contribution is -0.0647. The van der Waals surface area contributed by atoms with Gasteiger partial charge in [-0.25, -0.2) is 56.7 Å². The molecule has 0 bridgehead atoms. The number of phosphoric acid groups is 6. The monoisotopic (exact) mass is 1870 g/mol. The van der Waals surface area contributed by atoms with Gasteiger partial charge in [-0.1, -0.05) is 0 Å². The molecule has 23 N–H and O–H groups in total. The number of hydrogen-bond donors (Lipinski definition) is 17. The Morgan fingerprint density at radius 3 is 0.806 bits per heavy atom. The first-order valence-corrected chi connectivity index (χ1v) is 45.3. The lowest BCUT2D eigenvalue weighted by Crippen LogP contribution is -2.32. The van der Waals surface area contributed by atoms with Crippen LogP contribution in [-0.4, -0.2) is 239 Å². The average Bonchev–Trinajstić information content (AvgIpc) is 1.61. The van der Waals surface area contributed by atoms with Crippen molar-refractivity contribution in [3.05, 3.63) is 118 Å². The minimum Gasteiger partial charge on any atom is -0.394 e. The molecule has 0 amide bonds. The van der Waals surface area contributed by atoms with Crippen molar-refractivity contribution in [3.8, 4) is 0 Å². The van der Waals surface area contributed by atoms with Crippen LogP contribution in [0.1, 0.15) is 75.9 Å². The quantitative estimate of drug-likeness (QED) is 0.0173. The largest absolute Gasteiger partial charge is 0.472 e. The Morgan fingerprint density at radius 1 is 0.347 bits per heavy atom. The Balaban J connectivity index is 0.636. The third-order valence-corrected chi connectivity index (χ3v) is 25.3. The summed E-state index contributed by atoms with van der Waals surface area (Å²) in [6.45, 7) is -6.33. The standard InChI is InChI=1S/C57H74N24O37P6/c58-34-1-4-76(55(86)67-34)37-8-23(113-119(89,90)91)29(108-37)14-102-121(94,95)117-26-11-41(80-20-65-44-47(80)71-53(62)74-50(44)84)111-32(26)17-105-123(98,99)116-25-10-39(78-6-3-36(60)69-57(78)88)110-31(25)16-104-124(100,101)118-27-12-42(81-21-66-45-48(81)72-54(63)75-51(45)85)112-33(27)18-106-122(96,97)115-24-9-38(77-5-2-35(59)68-56(77)87)109-30(24)15-103-120(92,93)114-22-7-40(107-28(22)13-82)79-19-64-43-46(79)70-52(61)73-49(43)83/h1-6,19-33,37-42,82H,7-18H2,(H,92,93)(H,94,95)(H,96,97)(H,98,99)(H,100,101)(H2,58,67,86)(H2,59,68,87)(H2,60,69,88)(H2,89,90,91)(H3,61,70,73,83)(H3,62,71,74,84)(H3,63,72,75,85)/t22-,23-,24-,25-,26-,27-,28+,29+,30+,31+,32+,33+,37+,38+,39+,40+,41+,42+/m0/s1. The number of nitrogens with one attached hydrogen (secondary N) is 3. The molecule has 9 aromatic rings. The summed E-state index contributed by atoms with van der Waals surface area (Å²) >= 11 is 0. The lowest BCUT2D eigenvalue weighted by atomic mass is 10.2. The number of imidazole rings is 3. The number of hydrogen-bond acceptors (Lipinski definition) is 45. The molecule has 0 radical (unpaired) electrons. The summed E-state index contributed by atoms with van der Waals surface area (Å²) in [5.41, 5.74) is 28.0. The SMILES string of the molecule is Nc1ccn([C@H]2C[C@H](OP(=O)(O)O)[C@@H](COP(=O)(O)O[C@H]3C[C@H](n4cnc5c(=O)[nH]c(N)nc54)O[C@@H]3COP(=O)(O)O[C@H]3C[C@H](n4ccc(N)nc4=O)O[C@@H]3COP(=O)(O)O[C@H]3C[C@H](n4cnc5c(=O)[nH]c(N)nc54)O[C@@H]3COP(=O)(O)O[C@H]3C[C@H](n4ccc(N)nc4=O)O[C@@H]3COP(=O)(O)O[C@H]3C[C@H](n4cnc5c(=O)[nH]c(N)nc54)O[C@@H]3CO)O2)c(=O)n1. The van der Waals surface area contributed by atoms with Crippen molar-refractivity contribution >= 4 is 116 Å². The zero-order chi connectivity index (χ0) is 88.6. The van der Waals surface area contributed by atoms with E-state index >= 15 is 0 Å². The number of nitrogen functional groups attached to an aromatic ring is 6. The number of aromatic amines is 3. The summed E-state index contributed by atoms with van der Waals surface area (Å²) in [5.74, 6) is -1.78. The van der Waals surface area contributed by atoms with Gasteiger partial charge >= 0.3 is 64.0 Å². The molecule has 6 aliphatic rings. The maximum absolute atomic E-state index is 14.5. The van der Waals surface area contributed by atoms with Crippen molar-refractivity contribution in [3.63, 3.8) is 0 Å². The highest BCUT2D eigenvalue weighted by Gasteiger charge is 2.52. The molecule has 674 valence electrons. The summed E-state index contributed by atoms with van der Waals surface area (Å²) in [7, 11) is -33.1. The molecule has 67 heteroatoms. The van der Waals surface area contributed by atoms with Gasteiger partial charge < -0.3 is 102 Å². The third kappa shape index (κ3) is 20.4. The maximum atomic E-state index is 14.5. The Kier molecular flexibility index (Phi) is 25.5. The molecule has 61 nitrogen and oxygen atoms in total. The number of aliphatic hydroxyl groups excluding tert-OH is 1. The molecule has 23 atom stereocenters. The van der Waals surface area contributed by atoms with Crippen LogP contribution in [0.4, 0.5) is 35.3 Å². The van der Waals surface area contributed by atoms with Crippen molar-refractivity contribution in [2.45, 2.75) is 149 Å². The zero-order valence-corrected chi connectivity index (χ0v) is 68.2. The van der Waals surface area contributed by atoms with E-state index in [4.69, 9.17) is 113 Å². The van der Waals surface area contributed by atoms with E-state index in [1.807, 2.05) is 0 Å². The molecule has 6 saturated heterocycles. The highest BCUT2D eigenvalue weighted by atomic mass is 31.2. The fraction of sp³-hybridized carbons (Fsp3) is 0.526. The number of rotatable bonds is 34. The van der Waals surface area contributed by atoms with Crippen LogP contribution in [-0.2, 0) is 106 Å². The summed E-state index contributed by atoms with van der Waals surface area (Å²) < 4.78 is 185. The Labute approximate surface area is 686 Å². The van der Waals surface area contributed by atoms with Crippen LogP contribution in [0.15, 0.2) is 84.5 Å². The van der Waals surface area contributed by atoms with Gasteiger partial charge in [0.1, 0.15) is 128 Å². The van der Waals surface area contributed by atoms with Crippen LogP contribution in [0.25, 0.3) is 33.5 Å². The van der Waals surface area contributed by atoms with Gasteiger partial charge in [-0.15, -0.1) is 0 Å². The van der Waals surface area contributed by atoms with Crippen molar-refractivity contribution in [2.75, 3.05) is 74.0 Å². The summed E-state index contributed by atoms with van der Waals surface area (Å²) in [4.78, 5) is 196. The first-order chi connectivity index (χ1) is 58.5. The molecule has 6 fully saturated rings. The number of nitrogens with zero attached hydrogens (tertiary/aromatic N) is 15. The van der Waals surface area contributed by atoms with E-state index in [9.17, 15) is 95.5 Å². The van der Waals surface area contributed by atoms with Crippen molar-refractivity contribution in [1.29, 1.82) is 0 Å². The van der Waals surface area contributed by atoms with Crippen LogP contribution >= 0.6 is 46.9 Å². The number of anilines is 6. The minimum atomic E-state index is -5.69.